The molecule has 2 unspecified atom stereocenters. The Kier molecular flexibility index (Phi) is 3.35. The van der Waals surface area contributed by atoms with Crippen molar-refractivity contribution in [1.29, 1.82) is 0 Å². The van der Waals surface area contributed by atoms with Gasteiger partial charge in [0.25, 0.3) is 0 Å². The molecule has 3 rings (SSSR count). The van der Waals surface area contributed by atoms with Gasteiger partial charge in [0.15, 0.2) is 11.6 Å². The minimum Gasteiger partial charge on any atom is -0.494 e. The van der Waals surface area contributed by atoms with Gasteiger partial charge in [-0.15, -0.1) is 0 Å². The largest absolute Gasteiger partial charge is 0.494 e. The number of benzene rings is 1. The van der Waals surface area contributed by atoms with Crippen LogP contribution in [0, 0.1) is 5.82 Å². The summed E-state index contributed by atoms with van der Waals surface area (Å²) >= 11 is 0. The Labute approximate surface area is 113 Å². The van der Waals surface area contributed by atoms with Crippen LogP contribution in [0.2, 0.25) is 0 Å². The van der Waals surface area contributed by atoms with Gasteiger partial charge >= 0.3 is 0 Å². The Morgan fingerprint density at radius 3 is 2.79 bits per heavy atom. The lowest BCUT2D eigenvalue weighted by atomic mass is 10.2. The summed E-state index contributed by atoms with van der Waals surface area (Å²) in [5.41, 5.74) is 0.841. The van der Waals surface area contributed by atoms with Gasteiger partial charge in [-0.25, -0.2) is 4.39 Å². The molecule has 1 aromatic carbocycles. The van der Waals surface area contributed by atoms with Gasteiger partial charge in [0.05, 0.1) is 7.11 Å². The zero-order valence-electron chi connectivity index (χ0n) is 11.5. The zero-order valence-corrected chi connectivity index (χ0v) is 11.5. The Morgan fingerprint density at radius 2 is 2.16 bits per heavy atom. The average molecular weight is 264 g/mol. The van der Waals surface area contributed by atoms with E-state index in [-0.39, 0.29) is 5.82 Å². The normalized spacial score (nSPS) is 27.5. The number of anilines is 1. The number of halogens is 1. The molecule has 1 N–H and O–H groups in total. The van der Waals surface area contributed by atoms with Crippen LogP contribution in [0.15, 0.2) is 18.2 Å². The summed E-state index contributed by atoms with van der Waals surface area (Å²) in [5.74, 6) is -0.0115. The third-order valence-electron chi connectivity index (χ3n) is 4.16. The first-order valence-corrected chi connectivity index (χ1v) is 7.03. The van der Waals surface area contributed by atoms with E-state index in [1.807, 2.05) is 6.07 Å². The highest BCUT2D eigenvalue weighted by Crippen LogP contribution is 2.34. The molecule has 4 heteroatoms. The molecular weight excluding hydrogens is 243 g/mol. The molecular formula is C15H21FN2O. The molecule has 1 saturated carbocycles. The van der Waals surface area contributed by atoms with E-state index in [9.17, 15) is 4.39 Å². The molecule has 2 aliphatic rings. The first-order chi connectivity index (χ1) is 9.17. The topological polar surface area (TPSA) is 24.5 Å². The monoisotopic (exact) mass is 264 g/mol. The van der Waals surface area contributed by atoms with Crippen LogP contribution >= 0.6 is 0 Å². The Bertz CT molecular complexity index is 461. The fourth-order valence-electron chi connectivity index (χ4n) is 3.07. The summed E-state index contributed by atoms with van der Waals surface area (Å²) in [6.07, 6.45) is 3.81. The van der Waals surface area contributed by atoms with Crippen LogP contribution in [0.3, 0.4) is 0 Å². The molecule has 104 valence electrons. The summed E-state index contributed by atoms with van der Waals surface area (Å²) < 4.78 is 18.6. The fraction of sp³-hybridized carbons (Fsp3) is 0.600. The molecule has 1 aliphatic heterocycles. The summed E-state index contributed by atoms with van der Waals surface area (Å²) in [5, 5.41) is 3.44. The number of likely N-dealkylation sites (tertiary alicyclic amines) is 1. The lowest BCUT2D eigenvalue weighted by molar-refractivity contribution is 0.257. The second-order valence-electron chi connectivity index (χ2n) is 5.70. The molecule has 2 atom stereocenters. The lowest BCUT2D eigenvalue weighted by Crippen LogP contribution is -2.31. The lowest BCUT2D eigenvalue weighted by Gasteiger charge is -2.20. The maximum Gasteiger partial charge on any atom is 0.167 e. The number of ether oxygens (including phenoxy) is 1. The first kappa shape index (κ1) is 12.7. The van der Waals surface area contributed by atoms with Crippen molar-refractivity contribution in [3.63, 3.8) is 0 Å². The molecule has 0 spiro atoms. The van der Waals surface area contributed by atoms with E-state index in [0.29, 0.717) is 17.8 Å². The maximum absolute atomic E-state index is 13.6. The molecule has 19 heavy (non-hydrogen) atoms. The first-order valence-electron chi connectivity index (χ1n) is 7.03. The number of nitrogens with one attached hydrogen (secondary N) is 1. The van der Waals surface area contributed by atoms with Crippen molar-refractivity contribution >= 4 is 5.69 Å². The molecule has 1 aromatic rings. The van der Waals surface area contributed by atoms with Crippen molar-refractivity contribution in [3.8, 4) is 5.75 Å². The Hall–Kier alpha value is -1.29. The molecule has 1 saturated heterocycles. The number of rotatable bonds is 4. The molecule has 1 heterocycles. The minimum atomic E-state index is -0.308. The van der Waals surface area contributed by atoms with Gasteiger partial charge in [0.2, 0.25) is 0 Å². The van der Waals surface area contributed by atoms with Crippen LogP contribution in [-0.2, 0) is 0 Å². The number of hydrogen-bond donors (Lipinski definition) is 1. The van der Waals surface area contributed by atoms with Crippen molar-refractivity contribution in [2.75, 3.05) is 19.0 Å². The van der Waals surface area contributed by atoms with Crippen molar-refractivity contribution < 1.29 is 9.13 Å². The molecule has 2 fully saturated rings. The van der Waals surface area contributed by atoms with Crippen LogP contribution in [0.4, 0.5) is 10.1 Å². The quantitative estimate of drug-likeness (QED) is 0.905. The predicted octanol–water partition coefficient (Wildman–Crippen LogP) is 2.87. The Balaban J connectivity index is 1.64. The van der Waals surface area contributed by atoms with Crippen LogP contribution in [-0.4, -0.2) is 36.7 Å². The maximum atomic E-state index is 13.6. The van der Waals surface area contributed by atoms with Crippen LogP contribution < -0.4 is 10.1 Å². The van der Waals surface area contributed by atoms with Gasteiger partial charge < -0.3 is 10.1 Å². The van der Waals surface area contributed by atoms with Crippen LogP contribution in [0.1, 0.15) is 26.2 Å². The molecule has 0 bridgehead atoms. The average Bonchev–Trinajstić information content (AvgIpc) is 3.15. The highest BCUT2D eigenvalue weighted by Gasteiger charge is 2.38. The summed E-state index contributed by atoms with van der Waals surface area (Å²) in [6, 6.07) is 6.93. The van der Waals surface area contributed by atoms with E-state index >= 15 is 0 Å². The van der Waals surface area contributed by atoms with Gasteiger partial charge in [0, 0.05) is 36.4 Å². The van der Waals surface area contributed by atoms with E-state index in [2.05, 4.69) is 17.1 Å². The minimum absolute atomic E-state index is 0.296. The van der Waals surface area contributed by atoms with Crippen LogP contribution in [0.5, 0.6) is 5.75 Å². The van der Waals surface area contributed by atoms with Gasteiger partial charge in [0.1, 0.15) is 0 Å². The molecule has 3 nitrogen and oxygen atoms in total. The second kappa shape index (κ2) is 5.00. The van der Waals surface area contributed by atoms with Gasteiger partial charge in [-0.3, -0.25) is 4.90 Å². The number of methoxy groups -OCH3 is 1. The second-order valence-corrected chi connectivity index (χ2v) is 5.70. The highest BCUT2D eigenvalue weighted by atomic mass is 19.1. The van der Waals surface area contributed by atoms with Crippen molar-refractivity contribution in [2.45, 2.75) is 44.3 Å². The third-order valence-corrected chi connectivity index (χ3v) is 4.16. The summed E-state index contributed by atoms with van der Waals surface area (Å²) in [6.45, 7) is 3.36. The van der Waals surface area contributed by atoms with E-state index in [1.54, 1.807) is 6.07 Å². The van der Waals surface area contributed by atoms with Crippen molar-refractivity contribution in [2.24, 2.45) is 0 Å². The SMILES string of the molecule is COc1ccc(NC2CC(C)N(C3CC3)C2)cc1F. The van der Waals surface area contributed by atoms with E-state index < -0.39 is 0 Å². The van der Waals surface area contributed by atoms with Crippen molar-refractivity contribution in [1.82, 2.24) is 4.90 Å². The van der Waals surface area contributed by atoms with Gasteiger partial charge in [-0.05, 0) is 38.3 Å². The number of hydrogen-bond acceptors (Lipinski definition) is 3. The third kappa shape index (κ3) is 2.68. The zero-order chi connectivity index (χ0) is 13.4. The summed E-state index contributed by atoms with van der Waals surface area (Å²) in [4.78, 5) is 2.58. The Morgan fingerprint density at radius 1 is 1.37 bits per heavy atom. The van der Waals surface area contributed by atoms with E-state index in [4.69, 9.17) is 4.74 Å². The van der Waals surface area contributed by atoms with E-state index in [1.165, 1.54) is 26.0 Å². The predicted molar refractivity (Wildman–Crippen MR) is 74.2 cm³/mol. The summed E-state index contributed by atoms with van der Waals surface area (Å²) in [7, 11) is 1.48. The standard InChI is InChI=1S/C15H21FN2O/c1-10-7-12(9-18(10)13-4-5-13)17-11-3-6-15(19-2)14(16)8-11/h3,6,8,10,12-13,17H,4-5,7,9H2,1-2H3. The smallest absolute Gasteiger partial charge is 0.167 e. The van der Waals surface area contributed by atoms with Crippen LogP contribution in [0.25, 0.3) is 0 Å². The van der Waals surface area contributed by atoms with E-state index in [0.717, 1.165) is 24.7 Å². The molecule has 0 amide bonds. The fourth-order valence-corrected chi connectivity index (χ4v) is 3.07. The molecule has 0 aromatic heterocycles. The van der Waals surface area contributed by atoms with Gasteiger partial charge in [-0.2, -0.15) is 0 Å². The highest BCUT2D eigenvalue weighted by molar-refractivity contribution is 5.48. The number of nitrogens with zero attached hydrogens (tertiary/aromatic N) is 1. The molecule has 1 aliphatic carbocycles. The van der Waals surface area contributed by atoms with Crippen molar-refractivity contribution in [3.05, 3.63) is 24.0 Å². The van der Waals surface area contributed by atoms with Gasteiger partial charge in [-0.1, -0.05) is 0 Å². The molecule has 0 radical (unpaired) electrons.